The first-order valence-corrected chi connectivity index (χ1v) is 8.72. The average molecular weight is 319 g/mol. The summed E-state index contributed by atoms with van der Waals surface area (Å²) >= 11 is 1.84. The lowest BCUT2D eigenvalue weighted by atomic mass is 10.1. The van der Waals surface area contributed by atoms with E-state index in [2.05, 4.69) is 21.8 Å². The van der Waals surface area contributed by atoms with E-state index in [1.165, 1.54) is 28.7 Å². The Kier molecular flexibility index (Phi) is 3.76. The van der Waals surface area contributed by atoms with Crippen LogP contribution in [0.3, 0.4) is 0 Å². The normalized spacial score (nSPS) is 24.9. The van der Waals surface area contributed by atoms with Crippen molar-refractivity contribution < 1.29 is 9.47 Å². The molecule has 0 N–H and O–H groups in total. The zero-order chi connectivity index (χ0) is 15.1. The summed E-state index contributed by atoms with van der Waals surface area (Å²) in [7, 11) is 1.72. The first-order chi connectivity index (χ1) is 10.8. The number of hydrogen-bond donors (Lipinski definition) is 0. The summed E-state index contributed by atoms with van der Waals surface area (Å²) in [6, 6.07) is 0. The topological polar surface area (TPSA) is 47.5 Å². The molecule has 22 heavy (non-hydrogen) atoms. The lowest BCUT2D eigenvalue weighted by Crippen LogP contribution is -2.48. The Bertz CT molecular complexity index is 687. The van der Waals surface area contributed by atoms with E-state index in [1.807, 2.05) is 11.3 Å². The van der Waals surface area contributed by atoms with Crippen LogP contribution in [0.1, 0.15) is 23.8 Å². The largest absolute Gasteiger partial charge is 0.382 e. The summed E-state index contributed by atoms with van der Waals surface area (Å²) in [5, 5.41) is 1.28. The van der Waals surface area contributed by atoms with Gasteiger partial charge in [-0.05, 0) is 31.7 Å². The Hall–Kier alpha value is -1.24. The highest BCUT2D eigenvalue weighted by Crippen LogP contribution is 2.40. The minimum absolute atomic E-state index is 0.102. The molecule has 1 saturated heterocycles. The van der Waals surface area contributed by atoms with Gasteiger partial charge in [-0.2, -0.15) is 0 Å². The Morgan fingerprint density at radius 1 is 1.36 bits per heavy atom. The van der Waals surface area contributed by atoms with E-state index in [0.29, 0.717) is 6.61 Å². The van der Waals surface area contributed by atoms with Gasteiger partial charge in [0.05, 0.1) is 24.2 Å². The Morgan fingerprint density at radius 2 is 2.27 bits per heavy atom. The molecule has 5 nitrogen and oxygen atoms in total. The van der Waals surface area contributed by atoms with Crippen LogP contribution in [-0.4, -0.2) is 49.0 Å². The van der Waals surface area contributed by atoms with Gasteiger partial charge >= 0.3 is 0 Å². The molecule has 118 valence electrons. The first kappa shape index (κ1) is 14.4. The molecule has 0 bridgehead atoms. The number of aryl methyl sites for hydroxylation is 2. The third kappa shape index (κ3) is 2.39. The van der Waals surface area contributed by atoms with Crippen LogP contribution in [0.25, 0.3) is 10.2 Å². The number of anilines is 1. The highest BCUT2D eigenvalue weighted by atomic mass is 32.1. The van der Waals surface area contributed by atoms with E-state index in [-0.39, 0.29) is 12.2 Å². The summed E-state index contributed by atoms with van der Waals surface area (Å²) in [5.41, 5.74) is 1.48. The standard InChI is InChI=1S/C16H21N3O2S/c1-10-6-19(7-11(21-10)8-20-2)15-14-12-4-3-5-13(12)22-16(14)18-9-17-15/h9-11H,3-8H2,1-2H3. The number of fused-ring (bicyclic) bond motifs is 3. The van der Waals surface area contributed by atoms with Gasteiger partial charge < -0.3 is 14.4 Å². The van der Waals surface area contributed by atoms with E-state index in [0.717, 1.165) is 30.2 Å². The van der Waals surface area contributed by atoms with Gasteiger partial charge in [0.2, 0.25) is 0 Å². The fraction of sp³-hybridized carbons (Fsp3) is 0.625. The number of methoxy groups -OCH3 is 1. The minimum atomic E-state index is 0.102. The average Bonchev–Trinajstić information content (AvgIpc) is 3.07. The monoisotopic (exact) mass is 319 g/mol. The first-order valence-electron chi connectivity index (χ1n) is 7.91. The van der Waals surface area contributed by atoms with E-state index < -0.39 is 0 Å². The number of ether oxygens (including phenoxy) is 2. The Balaban J connectivity index is 1.74. The molecule has 0 saturated carbocycles. The van der Waals surface area contributed by atoms with E-state index in [4.69, 9.17) is 9.47 Å². The van der Waals surface area contributed by atoms with Crippen LogP contribution in [0, 0.1) is 0 Å². The van der Waals surface area contributed by atoms with Gasteiger partial charge in [0.1, 0.15) is 17.0 Å². The lowest BCUT2D eigenvalue weighted by molar-refractivity contribution is -0.0512. The molecular formula is C16H21N3O2S. The van der Waals surface area contributed by atoms with Gasteiger partial charge in [0.15, 0.2) is 0 Å². The Morgan fingerprint density at radius 3 is 3.14 bits per heavy atom. The van der Waals surface area contributed by atoms with Gasteiger partial charge in [-0.25, -0.2) is 9.97 Å². The quantitative estimate of drug-likeness (QED) is 0.869. The summed E-state index contributed by atoms with van der Waals surface area (Å²) < 4.78 is 11.2. The summed E-state index contributed by atoms with van der Waals surface area (Å²) in [4.78, 5) is 14.1. The fourth-order valence-corrected chi connectivity index (χ4v) is 4.87. The van der Waals surface area contributed by atoms with E-state index in [1.54, 1.807) is 13.4 Å². The van der Waals surface area contributed by atoms with Crippen molar-refractivity contribution >= 4 is 27.4 Å². The molecular weight excluding hydrogens is 298 g/mol. The predicted molar refractivity (Wildman–Crippen MR) is 87.9 cm³/mol. The predicted octanol–water partition coefficient (Wildman–Crippen LogP) is 2.42. The molecule has 1 aliphatic carbocycles. The molecule has 6 heteroatoms. The maximum absolute atomic E-state index is 5.96. The van der Waals surface area contributed by atoms with Crippen molar-refractivity contribution in [3.8, 4) is 0 Å². The van der Waals surface area contributed by atoms with Crippen LogP contribution in [0.5, 0.6) is 0 Å². The van der Waals surface area contributed by atoms with Crippen molar-refractivity contribution in [2.24, 2.45) is 0 Å². The Labute approximate surface area is 134 Å². The smallest absolute Gasteiger partial charge is 0.141 e. The number of thiophene rings is 1. The van der Waals surface area contributed by atoms with Crippen LogP contribution >= 0.6 is 11.3 Å². The molecule has 2 aromatic heterocycles. The number of nitrogens with zero attached hydrogens (tertiary/aromatic N) is 3. The number of rotatable bonds is 3. The van der Waals surface area contributed by atoms with Gasteiger partial charge in [0, 0.05) is 25.1 Å². The summed E-state index contributed by atoms with van der Waals surface area (Å²) in [6.45, 7) is 4.44. The maximum Gasteiger partial charge on any atom is 0.141 e. The molecule has 2 atom stereocenters. The SMILES string of the molecule is COCC1CN(c2ncnc3sc4c(c23)CCC4)CC(C)O1. The van der Waals surface area contributed by atoms with Crippen LogP contribution in [0.2, 0.25) is 0 Å². The van der Waals surface area contributed by atoms with Crippen molar-refractivity contribution in [3.05, 3.63) is 16.8 Å². The van der Waals surface area contributed by atoms with Crippen LogP contribution in [-0.2, 0) is 22.3 Å². The third-order valence-corrected chi connectivity index (χ3v) is 5.66. The third-order valence-electron chi connectivity index (χ3n) is 4.46. The van der Waals surface area contributed by atoms with Crippen LogP contribution in [0.4, 0.5) is 5.82 Å². The molecule has 1 fully saturated rings. The van der Waals surface area contributed by atoms with Crippen molar-refractivity contribution in [3.63, 3.8) is 0 Å². The number of hydrogen-bond acceptors (Lipinski definition) is 6. The highest BCUT2D eigenvalue weighted by molar-refractivity contribution is 7.19. The molecule has 3 heterocycles. The van der Waals surface area contributed by atoms with E-state index in [9.17, 15) is 0 Å². The van der Waals surface area contributed by atoms with Gasteiger partial charge in [-0.1, -0.05) is 0 Å². The summed E-state index contributed by atoms with van der Waals surface area (Å²) in [5.74, 6) is 1.08. The molecule has 1 aliphatic heterocycles. The number of aromatic nitrogens is 2. The molecule has 0 spiro atoms. The zero-order valence-electron chi connectivity index (χ0n) is 13.0. The number of morpholine rings is 1. The van der Waals surface area contributed by atoms with E-state index >= 15 is 0 Å². The highest BCUT2D eigenvalue weighted by Gasteiger charge is 2.29. The summed E-state index contributed by atoms with van der Waals surface area (Å²) in [6.07, 6.45) is 5.61. The van der Waals surface area contributed by atoms with Crippen LogP contribution in [0.15, 0.2) is 6.33 Å². The maximum atomic E-state index is 5.96. The molecule has 2 unspecified atom stereocenters. The van der Waals surface area contributed by atoms with Gasteiger partial charge in [-0.3, -0.25) is 0 Å². The fourth-order valence-electron chi connectivity index (χ4n) is 3.65. The molecule has 4 rings (SSSR count). The lowest BCUT2D eigenvalue weighted by Gasteiger charge is -2.37. The second-order valence-electron chi connectivity index (χ2n) is 6.16. The van der Waals surface area contributed by atoms with Crippen LogP contribution < -0.4 is 4.90 Å². The second-order valence-corrected chi connectivity index (χ2v) is 7.25. The second kappa shape index (κ2) is 5.76. The van der Waals surface area contributed by atoms with Crippen molar-refractivity contribution in [1.82, 2.24) is 9.97 Å². The van der Waals surface area contributed by atoms with Gasteiger partial charge in [0.25, 0.3) is 0 Å². The molecule has 2 aromatic rings. The van der Waals surface area contributed by atoms with Crippen molar-refractivity contribution in [2.75, 3.05) is 31.7 Å². The van der Waals surface area contributed by atoms with Crippen molar-refractivity contribution in [1.29, 1.82) is 0 Å². The molecule has 0 aromatic carbocycles. The molecule has 0 radical (unpaired) electrons. The molecule has 0 amide bonds. The minimum Gasteiger partial charge on any atom is -0.382 e. The van der Waals surface area contributed by atoms with Gasteiger partial charge in [-0.15, -0.1) is 11.3 Å². The molecule has 2 aliphatic rings. The zero-order valence-corrected chi connectivity index (χ0v) is 13.9. The van der Waals surface area contributed by atoms with Crippen molar-refractivity contribution in [2.45, 2.75) is 38.4 Å².